The fraction of sp³-hybridized carbons (Fsp3) is 0. The Hall–Kier alpha value is -1.65. The van der Waals surface area contributed by atoms with Crippen molar-refractivity contribution in [2.24, 2.45) is 0 Å². The highest BCUT2D eigenvalue weighted by atomic mass is 35.5. The lowest BCUT2D eigenvalue weighted by Crippen LogP contribution is -1.89. The monoisotopic (exact) mass is 278 g/mol. The van der Waals surface area contributed by atoms with Crippen LogP contribution in [0.3, 0.4) is 0 Å². The smallest absolute Gasteiger partial charge is 0.128 e. The molecule has 0 unspecified atom stereocenters. The van der Waals surface area contributed by atoms with Gasteiger partial charge in [-0.15, -0.1) is 11.3 Å². The van der Waals surface area contributed by atoms with Crippen LogP contribution in [0.1, 0.15) is 0 Å². The van der Waals surface area contributed by atoms with E-state index in [4.69, 9.17) is 17.3 Å². The lowest BCUT2D eigenvalue weighted by molar-refractivity contribution is 0.629. The molecule has 0 saturated carbocycles. The molecular formula is C13H8ClFN2S. The lowest BCUT2D eigenvalue weighted by atomic mass is 10.2. The fourth-order valence-electron chi connectivity index (χ4n) is 1.77. The van der Waals surface area contributed by atoms with E-state index in [2.05, 4.69) is 4.98 Å². The number of thiazole rings is 1. The topological polar surface area (TPSA) is 38.9 Å². The number of aromatic nitrogens is 1. The highest BCUT2D eigenvalue weighted by molar-refractivity contribution is 7.21. The molecular weight excluding hydrogens is 271 g/mol. The van der Waals surface area contributed by atoms with Crippen molar-refractivity contribution >= 4 is 38.8 Å². The second kappa shape index (κ2) is 4.23. The standard InChI is InChI=1S/C13H8ClFN2S/c14-8-2-1-3-9(16)12(8)13-17-10-6-7(15)4-5-11(10)18-13/h1-6H,16H2. The van der Waals surface area contributed by atoms with Crippen molar-refractivity contribution in [2.45, 2.75) is 0 Å². The van der Waals surface area contributed by atoms with Crippen LogP contribution in [0.25, 0.3) is 20.8 Å². The summed E-state index contributed by atoms with van der Waals surface area (Å²) in [5.41, 5.74) is 7.81. The number of hydrogen-bond acceptors (Lipinski definition) is 3. The van der Waals surface area contributed by atoms with Gasteiger partial charge in [0.05, 0.1) is 20.8 Å². The van der Waals surface area contributed by atoms with Gasteiger partial charge < -0.3 is 5.73 Å². The number of halogens is 2. The molecule has 0 aliphatic rings. The zero-order chi connectivity index (χ0) is 12.7. The van der Waals surface area contributed by atoms with Gasteiger partial charge in [0.2, 0.25) is 0 Å². The van der Waals surface area contributed by atoms with Crippen molar-refractivity contribution in [2.75, 3.05) is 5.73 Å². The average molecular weight is 279 g/mol. The molecule has 0 saturated heterocycles. The van der Waals surface area contributed by atoms with Crippen LogP contribution in [0.4, 0.5) is 10.1 Å². The molecule has 3 aromatic rings. The van der Waals surface area contributed by atoms with E-state index >= 15 is 0 Å². The van der Waals surface area contributed by atoms with Gasteiger partial charge in [-0.2, -0.15) is 0 Å². The number of anilines is 1. The van der Waals surface area contributed by atoms with Gasteiger partial charge in [0.15, 0.2) is 0 Å². The molecule has 18 heavy (non-hydrogen) atoms. The maximum absolute atomic E-state index is 13.1. The summed E-state index contributed by atoms with van der Waals surface area (Å²) in [5.74, 6) is -0.300. The first-order valence-electron chi connectivity index (χ1n) is 5.25. The molecule has 3 rings (SSSR count). The van der Waals surface area contributed by atoms with Crippen molar-refractivity contribution < 1.29 is 4.39 Å². The molecule has 0 aliphatic heterocycles. The molecule has 2 aromatic carbocycles. The van der Waals surface area contributed by atoms with Gasteiger partial charge in [-0.05, 0) is 24.3 Å². The number of hydrogen-bond donors (Lipinski definition) is 1. The van der Waals surface area contributed by atoms with Gasteiger partial charge in [-0.3, -0.25) is 0 Å². The van der Waals surface area contributed by atoms with E-state index in [1.807, 2.05) is 0 Å². The summed E-state index contributed by atoms with van der Waals surface area (Å²) in [6, 6.07) is 9.85. The summed E-state index contributed by atoms with van der Waals surface area (Å²) >= 11 is 7.58. The van der Waals surface area contributed by atoms with Crippen LogP contribution in [-0.4, -0.2) is 4.98 Å². The maximum Gasteiger partial charge on any atom is 0.128 e. The van der Waals surface area contributed by atoms with E-state index in [0.717, 1.165) is 4.70 Å². The molecule has 0 fully saturated rings. The highest BCUT2D eigenvalue weighted by Gasteiger charge is 2.12. The van der Waals surface area contributed by atoms with Crippen LogP contribution < -0.4 is 5.73 Å². The molecule has 0 bridgehead atoms. The summed E-state index contributed by atoms with van der Waals surface area (Å²) in [6.07, 6.45) is 0. The van der Waals surface area contributed by atoms with E-state index in [9.17, 15) is 4.39 Å². The van der Waals surface area contributed by atoms with Crippen molar-refractivity contribution in [3.63, 3.8) is 0 Å². The predicted octanol–water partition coefficient (Wildman–Crippen LogP) is 4.34. The molecule has 2 N–H and O–H groups in total. The van der Waals surface area contributed by atoms with E-state index in [1.165, 1.54) is 23.5 Å². The third-order valence-corrected chi connectivity index (χ3v) is 3.98. The van der Waals surface area contributed by atoms with E-state index < -0.39 is 0 Å². The van der Waals surface area contributed by atoms with Crippen LogP contribution in [0, 0.1) is 5.82 Å². The van der Waals surface area contributed by atoms with Crippen LogP contribution >= 0.6 is 22.9 Å². The first-order chi connectivity index (χ1) is 8.65. The normalized spacial score (nSPS) is 11.0. The molecule has 1 aromatic heterocycles. The summed E-state index contributed by atoms with van der Waals surface area (Å²) in [4.78, 5) is 4.38. The summed E-state index contributed by atoms with van der Waals surface area (Å²) in [5, 5.41) is 1.26. The SMILES string of the molecule is Nc1cccc(Cl)c1-c1nc2cc(F)ccc2s1. The lowest BCUT2D eigenvalue weighted by Gasteiger charge is -2.03. The minimum Gasteiger partial charge on any atom is -0.398 e. The van der Waals surface area contributed by atoms with Gasteiger partial charge in [0.1, 0.15) is 10.8 Å². The molecule has 0 spiro atoms. The van der Waals surface area contributed by atoms with Crippen molar-refractivity contribution in [3.8, 4) is 10.6 Å². The molecule has 0 radical (unpaired) electrons. The van der Waals surface area contributed by atoms with Gasteiger partial charge in [-0.1, -0.05) is 17.7 Å². The second-order valence-corrected chi connectivity index (χ2v) is 5.27. The molecule has 0 aliphatic carbocycles. The molecule has 0 atom stereocenters. The van der Waals surface area contributed by atoms with Crippen LogP contribution in [0.2, 0.25) is 5.02 Å². The zero-order valence-corrected chi connectivity index (χ0v) is 10.7. The largest absolute Gasteiger partial charge is 0.398 e. The Balaban J connectivity index is 2.26. The number of nitrogens with two attached hydrogens (primary N) is 1. The summed E-state index contributed by atoms with van der Waals surface area (Å²) in [6.45, 7) is 0. The Labute approximate surface area is 112 Å². The summed E-state index contributed by atoms with van der Waals surface area (Å²) in [7, 11) is 0. The first kappa shape index (κ1) is 11.4. The van der Waals surface area contributed by atoms with Crippen LogP contribution in [0.15, 0.2) is 36.4 Å². The zero-order valence-electron chi connectivity index (χ0n) is 9.15. The molecule has 90 valence electrons. The van der Waals surface area contributed by atoms with Crippen LogP contribution in [0.5, 0.6) is 0 Å². The van der Waals surface area contributed by atoms with Gasteiger partial charge in [0.25, 0.3) is 0 Å². The number of rotatable bonds is 1. The molecule has 1 heterocycles. The number of nitrogens with zero attached hydrogens (tertiary/aromatic N) is 1. The Morgan fingerprint density at radius 3 is 2.83 bits per heavy atom. The minimum atomic E-state index is -0.300. The van der Waals surface area contributed by atoms with Gasteiger partial charge in [-0.25, -0.2) is 9.37 Å². The predicted molar refractivity (Wildman–Crippen MR) is 74.4 cm³/mol. The molecule has 2 nitrogen and oxygen atoms in total. The average Bonchev–Trinajstić information content (AvgIpc) is 2.71. The van der Waals surface area contributed by atoms with E-state index in [-0.39, 0.29) is 5.82 Å². The van der Waals surface area contributed by atoms with Crippen molar-refractivity contribution in [1.82, 2.24) is 4.98 Å². The highest BCUT2D eigenvalue weighted by Crippen LogP contribution is 2.37. The second-order valence-electron chi connectivity index (χ2n) is 3.84. The fourth-order valence-corrected chi connectivity index (χ4v) is 3.13. The first-order valence-corrected chi connectivity index (χ1v) is 6.45. The third kappa shape index (κ3) is 1.83. The minimum absolute atomic E-state index is 0.300. The van der Waals surface area contributed by atoms with Gasteiger partial charge >= 0.3 is 0 Å². The Bertz CT molecular complexity index is 719. The molecule has 5 heteroatoms. The summed E-state index contributed by atoms with van der Waals surface area (Å²) < 4.78 is 14.0. The number of fused-ring (bicyclic) bond motifs is 1. The van der Waals surface area contributed by atoms with E-state index in [1.54, 1.807) is 24.3 Å². The maximum atomic E-state index is 13.1. The third-order valence-electron chi connectivity index (χ3n) is 2.61. The molecule has 0 amide bonds. The number of nitrogen functional groups attached to an aromatic ring is 1. The van der Waals surface area contributed by atoms with E-state index in [0.29, 0.717) is 26.8 Å². The van der Waals surface area contributed by atoms with Crippen molar-refractivity contribution in [3.05, 3.63) is 47.2 Å². The number of benzene rings is 2. The Morgan fingerprint density at radius 2 is 2.06 bits per heavy atom. The van der Waals surface area contributed by atoms with Gasteiger partial charge in [0, 0.05) is 11.8 Å². The van der Waals surface area contributed by atoms with Crippen molar-refractivity contribution in [1.29, 1.82) is 0 Å². The Kier molecular flexibility index (Phi) is 2.69. The van der Waals surface area contributed by atoms with Crippen LogP contribution in [-0.2, 0) is 0 Å². The Morgan fingerprint density at radius 1 is 1.22 bits per heavy atom. The quantitative estimate of drug-likeness (QED) is 0.673.